The summed E-state index contributed by atoms with van der Waals surface area (Å²) in [5, 5.41) is 4.49. The monoisotopic (exact) mass is 294 g/mol. The van der Waals surface area contributed by atoms with Crippen LogP contribution in [-0.2, 0) is 11.2 Å². The molecule has 0 aliphatic rings. The fourth-order valence-corrected chi connectivity index (χ4v) is 2.88. The molecule has 1 heterocycles. The van der Waals surface area contributed by atoms with Crippen molar-refractivity contribution in [3.05, 3.63) is 44.4 Å². The Hall–Kier alpha value is -1.39. The molecule has 0 fully saturated rings. The Kier molecular flexibility index (Phi) is 4.22. The molecule has 2 aromatic rings. The van der Waals surface area contributed by atoms with Gasteiger partial charge in [0.05, 0.1) is 17.1 Å². The number of thiazole rings is 1. The minimum absolute atomic E-state index is 0.0494. The summed E-state index contributed by atoms with van der Waals surface area (Å²) in [6, 6.07) is 5.50. The first-order valence-electron chi connectivity index (χ1n) is 5.94. The van der Waals surface area contributed by atoms with Gasteiger partial charge in [0.25, 0.3) is 0 Å². The minimum Gasteiger partial charge on any atom is -0.326 e. The zero-order valence-electron chi connectivity index (χ0n) is 11.1. The van der Waals surface area contributed by atoms with Crippen LogP contribution in [0.1, 0.15) is 21.1 Å². The van der Waals surface area contributed by atoms with Gasteiger partial charge in [-0.25, -0.2) is 4.98 Å². The molecule has 0 bridgehead atoms. The highest BCUT2D eigenvalue weighted by Crippen LogP contribution is 2.21. The van der Waals surface area contributed by atoms with E-state index in [1.807, 2.05) is 32.9 Å². The zero-order chi connectivity index (χ0) is 14.0. The Labute approximate surface area is 121 Å². The van der Waals surface area contributed by atoms with Gasteiger partial charge in [0, 0.05) is 15.6 Å². The first kappa shape index (κ1) is 14.0. The lowest BCUT2D eigenvalue weighted by Crippen LogP contribution is -2.14. The SMILES string of the molecule is Cc1nc(C)c(CC(=O)Nc2ccc(C)c(Cl)c2)s1. The maximum Gasteiger partial charge on any atom is 0.229 e. The van der Waals surface area contributed by atoms with Crippen LogP contribution in [0.25, 0.3) is 0 Å². The van der Waals surface area contributed by atoms with E-state index in [4.69, 9.17) is 11.6 Å². The van der Waals surface area contributed by atoms with Gasteiger partial charge in [0.15, 0.2) is 0 Å². The molecule has 0 saturated carbocycles. The summed E-state index contributed by atoms with van der Waals surface area (Å²) >= 11 is 7.59. The van der Waals surface area contributed by atoms with Gasteiger partial charge >= 0.3 is 0 Å². The van der Waals surface area contributed by atoms with E-state index in [1.165, 1.54) is 0 Å². The van der Waals surface area contributed by atoms with Crippen LogP contribution in [-0.4, -0.2) is 10.9 Å². The average molecular weight is 295 g/mol. The van der Waals surface area contributed by atoms with Gasteiger partial charge in [-0.3, -0.25) is 4.79 Å². The molecule has 0 atom stereocenters. The number of hydrogen-bond donors (Lipinski definition) is 1. The summed E-state index contributed by atoms with van der Waals surface area (Å²) in [5.74, 6) is -0.0494. The lowest BCUT2D eigenvalue weighted by Gasteiger charge is -2.06. The maximum atomic E-state index is 12.0. The van der Waals surface area contributed by atoms with Crippen molar-refractivity contribution < 1.29 is 4.79 Å². The van der Waals surface area contributed by atoms with Crippen LogP contribution < -0.4 is 5.32 Å². The predicted molar refractivity (Wildman–Crippen MR) is 80.1 cm³/mol. The first-order chi connectivity index (χ1) is 8.95. The fourth-order valence-electron chi connectivity index (χ4n) is 1.76. The average Bonchev–Trinajstić information content (AvgIpc) is 2.62. The Morgan fingerprint density at radius 2 is 2.11 bits per heavy atom. The quantitative estimate of drug-likeness (QED) is 0.933. The van der Waals surface area contributed by atoms with Crippen molar-refractivity contribution in [2.45, 2.75) is 27.2 Å². The highest BCUT2D eigenvalue weighted by atomic mass is 35.5. The molecule has 5 heteroatoms. The second-order valence-corrected chi connectivity index (χ2v) is 6.13. The molecule has 2 rings (SSSR count). The number of amides is 1. The smallest absolute Gasteiger partial charge is 0.229 e. The molecule has 0 unspecified atom stereocenters. The third-order valence-corrected chi connectivity index (χ3v) is 4.26. The number of aromatic nitrogens is 1. The summed E-state index contributed by atoms with van der Waals surface area (Å²) in [7, 11) is 0. The van der Waals surface area contributed by atoms with E-state index in [0.29, 0.717) is 11.4 Å². The third kappa shape index (κ3) is 3.55. The number of nitrogens with one attached hydrogen (secondary N) is 1. The summed E-state index contributed by atoms with van der Waals surface area (Å²) in [5.41, 5.74) is 2.65. The van der Waals surface area contributed by atoms with E-state index < -0.39 is 0 Å². The number of benzene rings is 1. The second kappa shape index (κ2) is 5.72. The lowest BCUT2D eigenvalue weighted by atomic mass is 10.2. The van der Waals surface area contributed by atoms with Gasteiger partial charge in [-0.15, -0.1) is 11.3 Å². The summed E-state index contributed by atoms with van der Waals surface area (Å²) < 4.78 is 0. The lowest BCUT2D eigenvalue weighted by molar-refractivity contribution is -0.115. The molecule has 0 radical (unpaired) electrons. The van der Waals surface area contributed by atoms with E-state index in [9.17, 15) is 4.79 Å². The molecule has 1 amide bonds. The topological polar surface area (TPSA) is 42.0 Å². The number of carbonyl (C=O) groups is 1. The van der Waals surface area contributed by atoms with Crippen LogP contribution in [0.2, 0.25) is 5.02 Å². The molecule has 1 aromatic heterocycles. The molecule has 100 valence electrons. The molecule has 0 aliphatic carbocycles. The van der Waals surface area contributed by atoms with Crippen molar-refractivity contribution in [3.8, 4) is 0 Å². The number of aryl methyl sites for hydroxylation is 3. The number of nitrogens with zero attached hydrogens (tertiary/aromatic N) is 1. The Morgan fingerprint density at radius 1 is 1.37 bits per heavy atom. The third-order valence-electron chi connectivity index (χ3n) is 2.78. The van der Waals surface area contributed by atoms with E-state index in [0.717, 1.165) is 26.8 Å². The molecular weight excluding hydrogens is 280 g/mol. The standard InChI is InChI=1S/C14H15ClN2OS/c1-8-4-5-11(6-12(8)15)17-14(18)7-13-9(2)16-10(3)19-13/h4-6H,7H2,1-3H3,(H,17,18). The molecule has 1 N–H and O–H groups in total. The Morgan fingerprint density at radius 3 is 2.68 bits per heavy atom. The summed E-state index contributed by atoms with van der Waals surface area (Å²) in [6.07, 6.45) is 0.350. The van der Waals surface area contributed by atoms with E-state index >= 15 is 0 Å². The molecule has 1 aromatic carbocycles. The van der Waals surface area contributed by atoms with Gasteiger partial charge < -0.3 is 5.32 Å². The molecule has 0 spiro atoms. The van der Waals surface area contributed by atoms with Crippen LogP contribution in [0, 0.1) is 20.8 Å². The van der Waals surface area contributed by atoms with Crippen LogP contribution in [0.15, 0.2) is 18.2 Å². The number of anilines is 1. The van der Waals surface area contributed by atoms with Gasteiger partial charge in [0.2, 0.25) is 5.91 Å². The number of rotatable bonds is 3. The predicted octanol–water partition coefficient (Wildman–Crippen LogP) is 3.90. The molecule has 19 heavy (non-hydrogen) atoms. The second-order valence-electron chi connectivity index (χ2n) is 4.43. The van der Waals surface area contributed by atoms with Crippen molar-refractivity contribution >= 4 is 34.5 Å². The summed E-state index contributed by atoms with van der Waals surface area (Å²) in [4.78, 5) is 17.3. The highest BCUT2D eigenvalue weighted by molar-refractivity contribution is 7.11. The van der Waals surface area contributed by atoms with Crippen LogP contribution >= 0.6 is 22.9 Å². The van der Waals surface area contributed by atoms with Crippen molar-refractivity contribution in [3.63, 3.8) is 0 Å². The van der Waals surface area contributed by atoms with Crippen LogP contribution in [0.3, 0.4) is 0 Å². The Bertz CT molecular complexity index is 622. The molecule has 0 saturated heterocycles. The number of halogens is 1. The zero-order valence-corrected chi connectivity index (χ0v) is 12.7. The van der Waals surface area contributed by atoms with Crippen molar-refractivity contribution in [2.24, 2.45) is 0 Å². The number of hydrogen-bond acceptors (Lipinski definition) is 3. The normalized spacial score (nSPS) is 10.5. The molecular formula is C14H15ClN2OS. The molecule has 0 aliphatic heterocycles. The van der Waals surface area contributed by atoms with E-state index in [1.54, 1.807) is 17.4 Å². The largest absolute Gasteiger partial charge is 0.326 e. The van der Waals surface area contributed by atoms with Gasteiger partial charge in [-0.05, 0) is 38.5 Å². The minimum atomic E-state index is -0.0494. The highest BCUT2D eigenvalue weighted by Gasteiger charge is 2.10. The van der Waals surface area contributed by atoms with Crippen molar-refractivity contribution in [2.75, 3.05) is 5.32 Å². The van der Waals surface area contributed by atoms with Gasteiger partial charge in [0.1, 0.15) is 0 Å². The van der Waals surface area contributed by atoms with Crippen LogP contribution in [0.4, 0.5) is 5.69 Å². The van der Waals surface area contributed by atoms with Gasteiger partial charge in [-0.2, -0.15) is 0 Å². The Balaban J connectivity index is 2.05. The maximum absolute atomic E-state index is 12.0. The van der Waals surface area contributed by atoms with Gasteiger partial charge in [-0.1, -0.05) is 17.7 Å². The number of carbonyl (C=O) groups excluding carboxylic acids is 1. The summed E-state index contributed by atoms with van der Waals surface area (Å²) in [6.45, 7) is 5.80. The van der Waals surface area contributed by atoms with Crippen LogP contribution in [0.5, 0.6) is 0 Å². The molecule has 3 nitrogen and oxygen atoms in total. The van der Waals surface area contributed by atoms with Crippen molar-refractivity contribution in [1.82, 2.24) is 4.98 Å². The fraction of sp³-hybridized carbons (Fsp3) is 0.286. The van der Waals surface area contributed by atoms with E-state index in [-0.39, 0.29) is 5.91 Å². The van der Waals surface area contributed by atoms with Crippen molar-refractivity contribution in [1.29, 1.82) is 0 Å². The van der Waals surface area contributed by atoms with E-state index in [2.05, 4.69) is 10.3 Å². The first-order valence-corrected chi connectivity index (χ1v) is 7.14.